The topological polar surface area (TPSA) is 86.0 Å². The predicted octanol–water partition coefficient (Wildman–Crippen LogP) is 2.16. The standard InChI is InChI=1S/C15H19ClN2O4/c1-15(2,10-6-8-17-9-7-10)22-14(19)11-4-3-5-12(13(11)16)18(20)21/h3-5,10,17H,6-9H2,1-2H3/p+1. The average molecular weight is 328 g/mol. The third kappa shape index (κ3) is 3.56. The number of esters is 1. The van der Waals surface area contributed by atoms with E-state index in [9.17, 15) is 14.9 Å². The Labute approximate surface area is 133 Å². The van der Waals surface area contributed by atoms with E-state index in [0.29, 0.717) is 0 Å². The van der Waals surface area contributed by atoms with E-state index in [-0.39, 0.29) is 22.2 Å². The van der Waals surface area contributed by atoms with Crippen molar-refractivity contribution in [1.82, 2.24) is 0 Å². The first kappa shape index (κ1) is 16.7. The van der Waals surface area contributed by atoms with E-state index in [1.807, 2.05) is 13.8 Å². The van der Waals surface area contributed by atoms with E-state index in [1.54, 1.807) is 0 Å². The van der Waals surface area contributed by atoms with Gasteiger partial charge in [0, 0.05) is 24.8 Å². The molecule has 1 heterocycles. The largest absolute Gasteiger partial charge is 0.456 e. The highest BCUT2D eigenvalue weighted by molar-refractivity contribution is 6.35. The first-order chi connectivity index (χ1) is 10.3. The second-order valence-electron chi connectivity index (χ2n) is 6.03. The Morgan fingerprint density at radius 3 is 2.64 bits per heavy atom. The molecule has 0 radical (unpaired) electrons. The van der Waals surface area contributed by atoms with Crippen LogP contribution in [-0.2, 0) is 4.74 Å². The van der Waals surface area contributed by atoms with Gasteiger partial charge in [0.1, 0.15) is 10.6 Å². The number of carbonyl (C=O) groups excluding carboxylic acids is 1. The van der Waals surface area contributed by atoms with Crippen LogP contribution in [0.4, 0.5) is 5.69 Å². The van der Waals surface area contributed by atoms with Crippen LogP contribution >= 0.6 is 11.6 Å². The summed E-state index contributed by atoms with van der Waals surface area (Å²) in [7, 11) is 0. The molecule has 120 valence electrons. The summed E-state index contributed by atoms with van der Waals surface area (Å²) in [5, 5.41) is 13.0. The van der Waals surface area contributed by atoms with E-state index < -0.39 is 16.5 Å². The van der Waals surface area contributed by atoms with Crippen LogP contribution in [0.15, 0.2) is 18.2 Å². The Kier molecular flexibility index (Phi) is 5.03. The van der Waals surface area contributed by atoms with Crippen molar-refractivity contribution >= 4 is 23.3 Å². The van der Waals surface area contributed by atoms with Crippen molar-refractivity contribution in [1.29, 1.82) is 0 Å². The molecule has 22 heavy (non-hydrogen) atoms. The van der Waals surface area contributed by atoms with Crippen LogP contribution in [0.2, 0.25) is 5.02 Å². The Morgan fingerprint density at radius 2 is 2.05 bits per heavy atom. The number of nitrogens with zero attached hydrogens (tertiary/aromatic N) is 1. The number of piperidine rings is 1. The van der Waals surface area contributed by atoms with Crippen molar-refractivity contribution in [2.75, 3.05) is 13.1 Å². The molecule has 0 spiro atoms. The van der Waals surface area contributed by atoms with Crippen molar-refractivity contribution in [3.63, 3.8) is 0 Å². The molecule has 0 saturated carbocycles. The van der Waals surface area contributed by atoms with Crippen LogP contribution in [0.3, 0.4) is 0 Å². The van der Waals surface area contributed by atoms with Gasteiger partial charge in [0.25, 0.3) is 5.69 Å². The minimum Gasteiger partial charge on any atom is -0.456 e. The van der Waals surface area contributed by atoms with Gasteiger partial charge in [-0.15, -0.1) is 0 Å². The van der Waals surface area contributed by atoms with Crippen molar-refractivity contribution in [3.05, 3.63) is 38.9 Å². The molecule has 0 amide bonds. The van der Waals surface area contributed by atoms with Gasteiger partial charge in [0.05, 0.1) is 23.6 Å². The number of benzene rings is 1. The zero-order valence-corrected chi connectivity index (χ0v) is 13.4. The maximum absolute atomic E-state index is 12.4. The molecule has 0 unspecified atom stereocenters. The van der Waals surface area contributed by atoms with Crippen LogP contribution in [0.5, 0.6) is 0 Å². The SMILES string of the molecule is CC(C)(OC(=O)c1cccc([N+](=O)[O-])c1Cl)C1CC[NH2+]CC1. The summed E-state index contributed by atoms with van der Waals surface area (Å²) < 4.78 is 5.62. The van der Waals surface area contributed by atoms with Gasteiger partial charge in [0.15, 0.2) is 0 Å². The number of ether oxygens (including phenoxy) is 1. The first-order valence-corrected chi connectivity index (χ1v) is 7.68. The number of carbonyl (C=O) groups is 1. The lowest BCUT2D eigenvalue weighted by Gasteiger charge is -2.35. The number of quaternary nitrogens is 1. The van der Waals surface area contributed by atoms with Gasteiger partial charge in [-0.05, 0) is 19.9 Å². The third-order valence-electron chi connectivity index (χ3n) is 4.17. The second kappa shape index (κ2) is 6.62. The Bertz CT molecular complexity index is 583. The van der Waals surface area contributed by atoms with Crippen LogP contribution in [-0.4, -0.2) is 29.6 Å². The molecular weight excluding hydrogens is 308 g/mol. The van der Waals surface area contributed by atoms with Gasteiger partial charge >= 0.3 is 5.97 Å². The summed E-state index contributed by atoms with van der Waals surface area (Å²) in [5.74, 6) is -0.341. The summed E-state index contributed by atoms with van der Waals surface area (Å²) in [6.07, 6.45) is 1.95. The first-order valence-electron chi connectivity index (χ1n) is 7.31. The molecule has 1 saturated heterocycles. The van der Waals surface area contributed by atoms with Crippen LogP contribution in [0, 0.1) is 16.0 Å². The zero-order chi connectivity index (χ0) is 16.3. The smallest absolute Gasteiger partial charge is 0.340 e. The number of nitro groups is 1. The number of rotatable bonds is 4. The maximum Gasteiger partial charge on any atom is 0.340 e. The number of nitrogens with two attached hydrogens (primary N) is 1. The quantitative estimate of drug-likeness (QED) is 0.521. The Balaban J connectivity index is 2.18. The molecular formula is C15H20ClN2O4+. The highest BCUT2D eigenvalue weighted by Crippen LogP contribution is 2.32. The Hall–Kier alpha value is -1.66. The molecule has 1 fully saturated rings. The maximum atomic E-state index is 12.4. The summed E-state index contributed by atoms with van der Waals surface area (Å²) in [5.41, 5.74) is -0.883. The van der Waals surface area contributed by atoms with Gasteiger partial charge in [-0.25, -0.2) is 4.79 Å². The van der Waals surface area contributed by atoms with E-state index in [0.717, 1.165) is 25.9 Å². The van der Waals surface area contributed by atoms with E-state index in [1.165, 1.54) is 18.2 Å². The molecule has 1 aliphatic heterocycles. The fourth-order valence-corrected chi connectivity index (χ4v) is 3.09. The number of hydrogen-bond acceptors (Lipinski definition) is 4. The molecule has 6 nitrogen and oxygen atoms in total. The molecule has 7 heteroatoms. The minimum atomic E-state index is -0.626. The lowest BCUT2D eigenvalue weighted by atomic mass is 9.83. The average Bonchev–Trinajstić information content (AvgIpc) is 2.47. The molecule has 2 rings (SSSR count). The van der Waals surface area contributed by atoms with Crippen LogP contribution in [0.25, 0.3) is 0 Å². The van der Waals surface area contributed by atoms with Crippen molar-refractivity contribution in [2.45, 2.75) is 32.3 Å². The predicted molar refractivity (Wildman–Crippen MR) is 82.0 cm³/mol. The van der Waals surface area contributed by atoms with Gasteiger partial charge in [-0.1, -0.05) is 17.7 Å². The molecule has 1 aliphatic rings. The fourth-order valence-electron chi connectivity index (χ4n) is 2.82. The highest BCUT2D eigenvalue weighted by atomic mass is 35.5. The normalized spacial score (nSPS) is 16.3. The second-order valence-corrected chi connectivity index (χ2v) is 6.41. The Morgan fingerprint density at radius 1 is 1.41 bits per heavy atom. The molecule has 0 atom stereocenters. The molecule has 0 aliphatic carbocycles. The third-order valence-corrected chi connectivity index (χ3v) is 4.57. The number of nitro benzene ring substituents is 1. The van der Waals surface area contributed by atoms with Gasteiger partial charge in [0.2, 0.25) is 0 Å². The van der Waals surface area contributed by atoms with Crippen molar-refractivity contribution in [3.8, 4) is 0 Å². The fraction of sp³-hybridized carbons (Fsp3) is 0.533. The summed E-state index contributed by atoms with van der Waals surface area (Å²) in [6.45, 7) is 5.80. The van der Waals surface area contributed by atoms with Crippen molar-refractivity contribution < 1.29 is 19.8 Å². The van der Waals surface area contributed by atoms with Gasteiger partial charge in [-0.2, -0.15) is 0 Å². The lowest BCUT2D eigenvalue weighted by molar-refractivity contribution is -0.665. The summed E-state index contributed by atoms with van der Waals surface area (Å²) in [6, 6.07) is 4.15. The van der Waals surface area contributed by atoms with E-state index in [4.69, 9.17) is 16.3 Å². The minimum absolute atomic E-state index is 0.0336. The molecule has 2 N–H and O–H groups in total. The monoisotopic (exact) mass is 327 g/mol. The van der Waals surface area contributed by atoms with Gasteiger partial charge in [-0.3, -0.25) is 10.1 Å². The van der Waals surface area contributed by atoms with Crippen molar-refractivity contribution in [2.24, 2.45) is 5.92 Å². The zero-order valence-electron chi connectivity index (χ0n) is 12.7. The number of halogens is 1. The summed E-state index contributed by atoms with van der Waals surface area (Å²) >= 11 is 5.97. The van der Waals surface area contributed by atoms with E-state index in [2.05, 4.69) is 5.32 Å². The summed E-state index contributed by atoms with van der Waals surface area (Å²) in [4.78, 5) is 22.6. The van der Waals surface area contributed by atoms with E-state index >= 15 is 0 Å². The molecule has 0 bridgehead atoms. The highest BCUT2D eigenvalue weighted by Gasteiger charge is 2.36. The molecule has 1 aromatic carbocycles. The molecule has 0 aromatic heterocycles. The van der Waals surface area contributed by atoms with Crippen LogP contribution in [0.1, 0.15) is 37.0 Å². The molecule has 1 aromatic rings. The number of hydrogen-bond donors (Lipinski definition) is 1. The van der Waals surface area contributed by atoms with Gasteiger partial charge < -0.3 is 10.1 Å². The van der Waals surface area contributed by atoms with Crippen LogP contribution < -0.4 is 5.32 Å². The lowest BCUT2D eigenvalue weighted by Crippen LogP contribution is -2.86.